The van der Waals surface area contributed by atoms with E-state index in [-0.39, 0.29) is 29.4 Å². The molecule has 8 nitrogen and oxygen atoms in total. The first kappa shape index (κ1) is 25.2. The Morgan fingerprint density at radius 3 is 2.67 bits per heavy atom. The van der Waals surface area contributed by atoms with Gasteiger partial charge in [0.25, 0.3) is 0 Å². The minimum absolute atomic E-state index is 0.113. The van der Waals surface area contributed by atoms with Crippen molar-refractivity contribution in [3.63, 3.8) is 0 Å². The van der Waals surface area contributed by atoms with E-state index in [0.29, 0.717) is 51.4 Å². The van der Waals surface area contributed by atoms with E-state index in [9.17, 15) is 19.5 Å². The largest absolute Gasteiger partial charge is 0.477 e. The Labute approximate surface area is 199 Å². The van der Waals surface area contributed by atoms with E-state index < -0.39 is 5.97 Å². The highest BCUT2D eigenvalue weighted by molar-refractivity contribution is 7.15. The normalized spacial score (nSPS) is 17.3. The summed E-state index contributed by atoms with van der Waals surface area (Å²) < 4.78 is 10.8. The van der Waals surface area contributed by atoms with Crippen LogP contribution >= 0.6 is 11.3 Å². The van der Waals surface area contributed by atoms with Gasteiger partial charge >= 0.3 is 12.1 Å². The molecule has 1 N–H and O–H groups in total. The van der Waals surface area contributed by atoms with Crippen molar-refractivity contribution in [3.05, 3.63) is 21.9 Å². The van der Waals surface area contributed by atoms with E-state index in [1.165, 1.54) is 16.9 Å². The average Bonchev–Trinajstić information content (AvgIpc) is 3.28. The van der Waals surface area contributed by atoms with Crippen LogP contribution in [0, 0.1) is 0 Å². The number of carbonyl (C=O) groups is 3. The summed E-state index contributed by atoms with van der Waals surface area (Å²) in [5.74, 6) is -1.13. The smallest absolute Gasteiger partial charge is 0.410 e. The van der Waals surface area contributed by atoms with E-state index in [4.69, 9.17) is 9.47 Å². The van der Waals surface area contributed by atoms with Gasteiger partial charge in [0, 0.05) is 30.9 Å². The van der Waals surface area contributed by atoms with Crippen molar-refractivity contribution in [1.82, 2.24) is 4.90 Å². The van der Waals surface area contributed by atoms with Crippen LogP contribution in [0.25, 0.3) is 5.57 Å². The van der Waals surface area contributed by atoms with E-state index >= 15 is 0 Å². The van der Waals surface area contributed by atoms with Gasteiger partial charge in [0.05, 0.1) is 18.9 Å². The number of rotatable bonds is 9. The fraction of sp³-hybridized carbons (Fsp3) is 0.625. The fourth-order valence-corrected chi connectivity index (χ4v) is 5.18. The van der Waals surface area contributed by atoms with Crippen molar-refractivity contribution in [3.8, 4) is 0 Å². The SMILES string of the molecule is CCC(=O)N(CCCC(C)OC(=O)N1CCOCC1)c1cc(C2=CCCCC2)sc1C(=O)O. The van der Waals surface area contributed by atoms with Crippen LogP contribution in [0.5, 0.6) is 0 Å². The summed E-state index contributed by atoms with van der Waals surface area (Å²) >= 11 is 1.25. The van der Waals surface area contributed by atoms with Crippen LogP contribution in [0.4, 0.5) is 10.5 Å². The first-order valence-corrected chi connectivity index (χ1v) is 12.6. The van der Waals surface area contributed by atoms with Crippen molar-refractivity contribution >= 4 is 40.6 Å². The van der Waals surface area contributed by atoms with Crippen molar-refractivity contribution < 1.29 is 29.0 Å². The number of carboxylic acids is 1. The summed E-state index contributed by atoms with van der Waals surface area (Å²) in [5, 5.41) is 9.80. The molecule has 3 rings (SSSR count). The molecule has 1 unspecified atom stereocenters. The lowest BCUT2D eigenvalue weighted by Crippen LogP contribution is -2.42. The number of morpholine rings is 1. The van der Waals surface area contributed by atoms with Gasteiger partial charge in [-0.3, -0.25) is 4.79 Å². The van der Waals surface area contributed by atoms with Crippen LogP contribution in [0.3, 0.4) is 0 Å². The van der Waals surface area contributed by atoms with Crippen molar-refractivity contribution in [2.75, 3.05) is 37.7 Å². The van der Waals surface area contributed by atoms with E-state index in [1.54, 1.807) is 16.7 Å². The van der Waals surface area contributed by atoms with Crippen LogP contribution in [-0.4, -0.2) is 66.9 Å². The van der Waals surface area contributed by atoms with Gasteiger partial charge in [0.15, 0.2) is 0 Å². The lowest BCUT2D eigenvalue weighted by Gasteiger charge is -2.28. The third kappa shape index (κ3) is 6.80. The standard InChI is InChI=1S/C24H34N2O6S/c1-3-21(27)26(11-7-8-17(2)32-24(30)25-12-14-31-15-13-25)19-16-20(33-22(19)23(28)29)18-9-5-4-6-10-18/h9,16-17H,3-8,10-15H2,1-2H3,(H,28,29). The minimum Gasteiger partial charge on any atom is -0.477 e. The monoisotopic (exact) mass is 478 g/mol. The van der Waals surface area contributed by atoms with Gasteiger partial charge in [0.2, 0.25) is 5.91 Å². The van der Waals surface area contributed by atoms with Gasteiger partial charge < -0.3 is 24.4 Å². The number of carboxylic acid groups (broad SMARTS) is 1. The zero-order chi connectivity index (χ0) is 23.8. The second-order valence-electron chi connectivity index (χ2n) is 8.44. The van der Waals surface area contributed by atoms with Crippen LogP contribution in [-0.2, 0) is 14.3 Å². The van der Waals surface area contributed by atoms with Gasteiger partial charge in [-0.25, -0.2) is 9.59 Å². The molecule has 2 aliphatic rings. The van der Waals surface area contributed by atoms with Crippen LogP contribution < -0.4 is 4.90 Å². The third-order valence-electron chi connectivity index (χ3n) is 5.97. The van der Waals surface area contributed by atoms with Crippen LogP contribution in [0.2, 0.25) is 0 Å². The molecule has 1 atom stereocenters. The van der Waals surface area contributed by atoms with Gasteiger partial charge in [-0.1, -0.05) is 13.0 Å². The Morgan fingerprint density at radius 2 is 2.03 bits per heavy atom. The molecule has 0 radical (unpaired) electrons. The Kier molecular flexibility index (Phi) is 9.31. The maximum Gasteiger partial charge on any atom is 0.410 e. The number of carbonyl (C=O) groups excluding carboxylic acids is 2. The van der Waals surface area contributed by atoms with Crippen molar-refractivity contribution in [1.29, 1.82) is 0 Å². The molecule has 1 aromatic rings. The number of aromatic carboxylic acids is 1. The van der Waals surface area contributed by atoms with Gasteiger partial charge in [0.1, 0.15) is 11.0 Å². The zero-order valence-electron chi connectivity index (χ0n) is 19.5. The first-order valence-electron chi connectivity index (χ1n) is 11.8. The van der Waals surface area contributed by atoms with E-state index in [0.717, 1.165) is 30.6 Å². The second-order valence-corrected chi connectivity index (χ2v) is 9.49. The lowest BCUT2D eigenvalue weighted by atomic mass is 9.98. The van der Waals surface area contributed by atoms with E-state index in [1.807, 2.05) is 13.0 Å². The molecular weight excluding hydrogens is 444 g/mol. The average molecular weight is 479 g/mol. The first-order chi connectivity index (χ1) is 15.9. The molecule has 1 aromatic heterocycles. The molecule has 0 bridgehead atoms. The van der Waals surface area contributed by atoms with Crippen molar-refractivity contribution in [2.24, 2.45) is 0 Å². The summed E-state index contributed by atoms with van der Waals surface area (Å²) in [5.41, 5.74) is 1.64. The molecule has 9 heteroatoms. The Hall–Kier alpha value is -2.39. The number of amides is 2. The molecule has 1 aliphatic carbocycles. The second kappa shape index (κ2) is 12.2. The lowest BCUT2D eigenvalue weighted by molar-refractivity contribution is -0.118. The highest BCUT2D eigenvalue weighted by atomic mass is 32.1. The molecular formula is C24H34N2O6S. The number of anilines is 1. The molecule has 182 valence electrons. The van der Waals surface area contributed by atoms with E-state index in [2.05, 4.69) is 6.08 Å². The maximum absolute atomic E-state index is 12.8. The molecule has 0 spiro atoms. The number of hydrogen-bond acceptors (Lipinski definition) is 6. The summed E-state index contributed by atoms with van der Waals surface area (Å²) in [4.78, 5) is 41.3. The predicted octanol–water partition coefficient (Wildman–Crippen LogP) is 4.78. The highest BCUT2D eigenvalue weighted by Crippen LogP contribution is 2.38. The zero-order valence-corrected chi connectivity index (χ0v) is 20.3. The van der Waals surface area contributed by atoms with Gasteiger partial charge in [-0.05, 0) is 57.1 Å². The maximum atomic E-state index is 12.8. The van der Waals surface area contributed by atoms with Crippen LogP contribution in [0.15, 0.2) is 12.1 Å². The predicted molar refractivity (Wildman–Crippen MR) is 128 cm³/mol. The van der Waals surface area contributed by atoms with Crippen molar-refractivity contribution in [2.45, 2.75) is 64.9 Å². The Bertz CT molecular complexity index is 874. The van der Waals surface area contributed by atoms with Gasteiger partial charge in [-0.15, -0.1) is 11.3 Å². The number of nitrogens with zero attached hydrogens (tertiary/aromatic N) is 2. The molecule has 2 heterocycles. The number of ether oxygens (including phenoxy) is 2. The fourth-order valence-electron chi connectivity index (χ4n) is 4.11. The summed E-state index contributed by atoms with van der Waals surface area (Å²) in [7, 11) is 0. The number of thiophene rings is 1. The highest BCUT2D eigenvalue weighted by Gasteiger charge is 2.26. The number of hydrogen-bond donors (Lipinski definition) is 1. The molecule has 1 saturated heterocycles. The summed E-state index contributed by atoms with van der Waals surface area (Å²) in [6.07, 6.45) is 7.19. The molecule has 1 aliphatic heterocycles. The molecule has 0 aromatic carbocycles. The summed E-state index contributed by atoms with van der Waals surface area (Å²) in [6, 6.07) is 1.86. The molecule has 0 saturated carbocycles. The Balaban J connectivity index is 1.65. The third-order valence-corrected chi connectivity index (χ3v) is 7.16. The molecule has 33 heavy (non-hydrogen) atoms. The topological polar surface area (TPSA) is 96.4 Å². The number of allylic oxidation sites excluding steroid dienone is 2. The summed E-state index contributed by atoms with van der Waals surface area (Å²) in [6.45, 7) is 6.08. The molecule has 1 fully saturated rings. The Morgan fingerprint density at radius 1 is 1.27 bits per heavy atom. The molecule has 2 amide bonds. The van der Waals surface area contributed by atoms with Gasteiger partial charge in [-0.2, -0.15) is 0 Å². The van der Waals surface area contributed by atoms with Crippen LogP contribution in [0.1, 0.15) is 73.3 Å². The minimum atomic E-state index is -1.01. The quantitative estimate of drug-likeness (QED) is 0.548.